The maximum Gasteiger partial charge on any atom is 0.317 e. The molecule has 4 nitrogen and oxygen atoms in total. The molecule has 3 aliphatic rings. The predicted molar refractivity (Wildman–Crippen MR) is 45.2 cm³/mol. The van der Waals surface area contributed by atoms with Crippen molar-refractivity contribution in [1.82, 2.24) is 0 Å². The van der Waals surface area contributed by atoms with Crippen LogP contribution in [-0.2, 0) is 19.1 Å². The molecule has 3 rings (SSSR count). The Morgan fingerprint density at radius 2 is 1.43 bits per heavy atom. The fourth-order valence-corrected chi connectivity index (χ4v) is 2.79. The van der Waals surface area contributed by atoms with Crippen molar-refractivity contribution in [3.8, 4) is 0 Å². The fourth-order valence-electron chi connectivity index (χ4n) is 2.79. The first kappa shape index (κ1) is 8.41. The Morgan fingerprint density at radius 3 is 1.93 bits per heavy atom. The van der Waals surface area contributed by atoms with Crippen LogP contribution in [0, 0.1) is 11.8 Å². The number of fused-ring (bicyclic) bond motifs is 3. The van der Waals surface area contributed by atoms with Crippen LogP contribution in [0.4, 0.5) is 0 Å². The van der Waals surface area contributed by atoms with E-state index in [1.165, 1.54) is 0 Å². The number of esters is 2. The van der Waals surface area contributed by atoms with Gasteiger partial charge in [0.1, 0.15) is 0 Å². The molecule has 0 N–H and O–H groups in total. The molecule has 3 fully saturated rings. The van der Waals surface area contributed by atoms with E-state index in [0.717, 1.165) is 12.8 Å². The van der Waals surface area contributed by atoms with Gasteiger partial charge in [0.25, 0.3) is 0 Å². The summed E-state index contributed by atoms with van der Waals surface area (Å²) in [6.45, 7) is 0. The van der Waals surface area contributed by atoms with Crippen LogP contribution < -0.4 is 0 Å². The Hall–Kier alpha value is -0.900. The lowest BCUT2D eigenvalue weighted by atomic mass is 9.83. The number of carbonyl (C=O) groups excluding carboxylic acids is 2. The molecule has 0 radical (unpaired) electrons. The molecule has 0 spiro atoms. The standard InChI is InChI=1S/C10H12O4/c11-9-7-3-5-1-2-6(13-5)4-8(7)10(12)14-9/h5-8H,1-4H2. The number of rotatable bonds is 0. The van der Waals surface area contributed by atoms with Crippen molar-refractivity contribution in [2.75, 3.05) is 0 Å². The van der Waals surface area contributed by atoms with Gasteiger partial charge in [-0.2, -0.15) is 0 Å². The van der Waals surface area contributed by atoms with Gasteiger partial charge in [-0.3, -0.25) is 9.59 Å². The van der Waals surface area contributed by atoms with Crippen LogP contribution in [0.5, 0.6) is 0 Å². The molecule has 3 aliphatic heterocycles. The van der Waals surface area contributed by atoms with Crippen molar-refractivity contribution >= 4 is 11.9 Å². The van der Waals surface area contributed by atoms with Crippen LogP contribution >= 0.6 is 0 Å². The molecule has 0 aliphatic carbocycles. The number of carbonyl (C=O) groups is 2. The van der Waals surface area contributed by atoms with Gasteiger partial charge in [-0.25, -0.2) is 0 Å². The van der Waals surface area contributed by atoms with Crippen LogP contribution in [0.25, 0.3) is 0 Å². The highest BCUT2D eigenvalue weighted by Crippen LogP contribution is 2.41. The molecule has 0 aromatic carbocycles. The first-order valence-electron chi connectivity index (χ1n) is 5.15. The van der Waals surface area contributed by atoms with Gasteiger partial charge in [-0.15, -0.1) is 0 Å². The summed E-state index contributed by atoms with van der Waals surface area (Å²) < 4.78 is 10.4. The summed E-state index contributed by atoms with van der Waals surface area (Å²) in [6, 6.07) is 0. The van der Waals surface area contributed by atoms with E-state index in [1.54, 1.807) is 0 Å². The minimum absolute atomic E-state index is 0.174. The summed E-state index contributed by atoms with van der Waals surface area (Å²) in [4.78, 5) is 22.7. The second-order valence-corrected chi connectivity index (χ2v) is 4.38. The van der Waals surface area contributed by atoms with Crippen molar-refractivity contribution in [2.24, 2.45) is 11.8 Å². The van der Waals surface area contributed by atoms with Gasteiger partial charge in [-0.1, -0.05) is 0 Å². The molecule has 3 heterocycles. The van der Waals surface area contributed by atoms with Crippen molar-refractivity contribution < 1.29 is 19.1 Å². The zero-order valence-corrected chi connectivity index (χ0v) is 7.77. The van der Waals surface area contributed by atoms with Crippen molar-refractivity contribution in [3.05, 3.63) is 0 Å². The third-order valence-electron chi connectivity index (χ3n) is 3.52. The highest BCUT2D eigenvalue weighted by molar-refractivity contribution is 5.96. The summed E-state index contributed by atoms with van der Waals surface area (Å²) in [5.74, 6) is -1.12. The van der Waals surface area contributed by atoms with Crippen molar-refractivity contribution in [1.29, 1.82) is 0 Å². The molecule has 0 aromatic rings. The third kappa shape index (κ3) is 1.10. The number of hydrogen-bond acceptors (Lipinski definition) is 4. The van der Waals surface area contributed by atoms with Gasteiger partial charge in [0.05, 0.1) is 24.0 Å². The average molecular weight is 196 g/mol. The van der Waals surface area contributed by atoms with Crippen LogP contribution in [0.15, 0.2) is 0 Å². The number of hydrogen-bond donors (Lipinski definition) is 0. The maximum absolute atomic E-state index is 11.3. The summed E-state index contributed by atoms with van der Waals surface area (Å²) in [7, 11) is 0. The maximum atomic E-state index is 11.3. The summed E-state index contributed by atoms with van der Waals surface area (Å²) >= 11 is 0. The highest BCUT2D eigenvalue weighted by Gasteiger charge is 2.50. The van der Waals surface area contributed by atoms with Crippen LogP contribution in [-0.4, -0.2) is 24.1 Å². The first-order chi connectivity index (χ1) is 6.74. The lowest BCUT2D eigenvalue weighted by Crippen LogP contribution is -2.22. The molecular formula is C10H12O4. The van der Waals surface area contributed by atoms with Crippen LogP contribution in [0.3, 0.4) is 0 Å². The zero-order chi connectivity index (χ0) is 9.71. The molecule has 76 valence electrons. The topological polar surface area (TPSA) is 52.6 Å². The Balaban J connectivity index is 1.89. The average Bonchev–Trinajstić information content (AvgIpc) is 2.55. The van der Waals surface area contributed by atoms with E-state index in [0.29, 0.717) is 12.8 Å². The second kappa shape index (κ2) is 2.79. The van der Waals surface area contributed by atoms with Gasteiger partial charge < -0.3 is 9.47 Å². The zero-order valence-electron chi connectivity index (χ0n) is 7.77. The molecular weight excluding hydrogens is 184 g/mol. The Morgan fingerprint density at radius 1 is 0.929 bits per heavy atom. The molecule has 0 aromatic heterocycles. The quantitative estimate of drug-likeness (QED) is 0.421. The minimum atomic E-state index is -0.337. The SMILES string of the molecule is O=C1OC(=O)C2CC3CCC(CC12)O3. The predicted octanol–water partition coefficient (Wildman–Crippen LogP) is 0.644. The van der Waals surface area contributed by atoms with Gasteiger partial charge in [0.15, 0.2) is 0 Å². The van der Waals surface area contributed by atoms with E-state index in [9.17, 15) is 9.59 Å². The molecule has 3 saturated heterocycles. The number of cyclic esters (lactones) is 2. The summed E-state index contributed by atoms with van der Waals surface area (Å²) in [5.41, 5.74) is 0. The molecule has 0 amide bonds. The fraction of sp³-hybridized carbons (Fsp3) is 0.800. The van der Waals surface area contributed by atoms with Crippen molar-refractivity contribution in [2.45, 2.75) is 37.9 Å². The largest absolute Gasteiger partial charge is 0.393 e. The summed E-state index contributed by atoms with van der Waals surface area (Å²) in [6.07, 6.45) is 3.74. The minimum Gasteiger partial charge on any atom is -0.393 e. The highest BCUT2D eigenvalue weighted by atomic mass is 16.6. The van der Waals surface area contributed by atoms with E-state index in [1.807, 2.05) is 0 Å². The van der Waals surface area contributed by atoms with Crippen LogP contribution in [0.1, 0.15) is 25.7 Å². The molecule has 4 unspecified atom stereocenters. The third-order valence-corrected chi connectivity index (χ3v) is 3.52. The molecule has 2 bridgehead atoms. The molecule has 14 heavy (non-hydrogen) atoms. The Kier molecular flexibility index (Phi) is 1.68. The molecule has 0 saturated carbocycles. The van der Waals surface area contributed by atoms with Gasteiger partial charge in [-0.05, 0) is 25.7 Å². The van der Waals surface area contributed by atoms with E-state index >= 15 is 0 Å². The smallest absolute Gasteiger partial charge is 0.317 e. The lowest BCUT2D eigenvalue weighted by Gasteiger charge is -2.13. The van der Waals surface area contributed by atoms with Crippen molar-refractivity contribution in [3.63, 3.8) is 0 Å². The lowest BCUT2D eigenvalue weighted by molar-refractivity contribution is -0.154. The Bertz CT molecular complexity index is 270. The normalized spacial score (nSPS) is 46.0. The van der Waals surface area contributed by atoms with Crippen LogP contribution in [0.2, 0.25) is 0 Å². The van der Waals surface area contributed by atoms with E-state index in [4.69, 9.17) is 4.74 Å². The summed E-state index contributed by atoms with van der Waals surface area (Å²) in [5, 5.41) is 0. The van der Waals surface area contributed by atoms with Gasteiger partial charge in [0.2, 0.25) is 0 Å². The monoisotopic (exact) mass is 196 g/mol. The second-order valence-electron chi connectivity index (χ2n) is 4.38. The number of ether oxygens (including phenoxy) is 2. The van der Waals surface area contributed by atoms with E-state index in [-0.39, 0.29) is 36.0 Å². The molecule has 4 heteroatoms. The van der Waals surface area contributed by atoms with Gasteiger partial charge in [0, 0.05) is 0 Å². The van der Waals surface area contributed by atoms with E-state index < -0.39 is 0 Å². The molecule has 4 atom stereocenters. The first-order valence-corrected chi connectivity index (χ1v) is 5.15. The Labute approximate surface area is 81.6 Å². The van der Waals surface area contributed by atoms with Gasteiger partial charge >= 0.3 is 11.9 Å². The van der Waals surface area contributed by atoms with E-state index in [2.05, 4.69) is 4.74 Å².